The van der Waals surface area contributed by atoms with Crippen LogP contribution in [0.15, 0.2) is 36.4 Å². The minimum absolute atomic E-state index is 0.0388. The summed E-state index contributed by atoms with van der Waals surface area (Å²) in [7, 11) is 0. The van der Waals surface area contributed by atoms with E-state index < -0.39 is 0 Å². The first-order valence-corrected chi connectivity index (χ1v) is 10.9. The second-order valence-electron chi connectivity index (χ2n) is 9.46. The van der Waals surface area contributed by atoms with E-state index in [0.717, 1.165) is 11.3 Å². The summed E-state index contributed by atoms with van der Waals surface area (Å²) in [5, 5.41) is 7.67. The Hall–Kier alpha value is -2.63. The fraction of sp³-hybridized carbons (Fsp3) is 0.542. The lowest BCUT2D eigenvalue weighted by atomic mass is 9.95. The van der Waals surface area contributed by atoms with E-state index >= 15 is 0 Å². The summed E-state index contributed by atoms with van der Waals surface area (Å²) in [6, 6.07) is 11.8. The van der Waals surface area contributed by atoms with Crippen LogP contribution in [-0.4, -0.2) is 39.6 Å². The molecule has 1 N–H and O–H groups in total. The molecule has 0 aliphatic carbocycles. The first-order chi connectivity index (χ1) is 14.2. The number of carbonyl (C=O) groups excluding carboxylic acids is 2. The zero-order chi connectivity index (χ0) is 21.9. The standard InChI is InChI=1S/C24H34N4O2/c1-17(2)21-15-20(26-28(21)24(3,4)5)23(30)27-13-11-19(12-14-27)22(29)25-16-18-9-7-6-8-10-18/h6-10,15,17,19H,11-14,16H2,1-5H3,(H,25,29). The zero-order valence-electron chi connectivity index (χ0n) is 18.8. The molecule has 6 nitrogen and oxygen atoms in total. The number of nitrogens with one attached hydrogen (secondary N) is 1. The second kappa shape index (κ2) is 9.02. The fourth-order valence-corrected chi connectivity index (χ4v) is 3.88. The van der Waals surface area contributed by atoms with Gasteiger partial charge in [0.2, 0.25) is 5.91 Å². The van der Waals surface area contributed by atoms with Crippen molar-refractivity contribution in [1.82, 2.24) is 20.0 Å². The molecule has 6 heteroatoms. The van der Waals surface area contributed by atoms with Crippen molar-refractivity contribution < 1.29 is 9.59 Å². The van der Waals surface area contributed by atoms with Gasteiger partial charge in [-0.2, -0.15) is 5.10 Å². The highest BCUT2D eigenvalue weighted by Crippen LogP contribution is 2.25. The third-order valence-corrected chi connectivity index (χ3v) is 5.65. The Labute approximate surface area is 179 Å². The minimum atomic E-state index is -0.179. The number of hydrogen-bond acceptors (Lipinski definition) is 3. The Morgan fingerprint density at radius 2 is 1.77 bits per heavy atom. The molecule has 2 aromatic rings. The van der Waals surface area contributed by atoms with Crippen molar-refractivity contribution in [3.8, 4) is 0 Å². The third-order valence-electron chi connectivity index (χ3n) is 5.65. The number of benzene rings is 1. The van der Waals surface area contributed by atoms with Crippen molar-refractivity contribution in [3.63, 3.8) is 0 Å². The van der Waals surface area contributed by atoms with E-state index in [1.165, 1.54) is 0 Å². The van der Waals surface area contributed by atoms with Crippen LogP contribution < -0.4 is 5.32 Å². The van der Waals surface area contributed by atoms with E-state index in [2.05, 4.69) is 45.0 Å². The van der Waals surface area contributed by atoms with E-state index in [0.29, 0.717) is 38.2 Å². The van der Waals surface area contributed by atoms with E-state index in [1.807, 2.05) is 46.0 Å². The molecule has 0 spiro atoms. The van der Waals surface area contributed by atoms with Crippen LogP contribution in [0.1, 0.15) is 75.1 Å². The maximum absolute atomic E-state index is 13.1. The van der Waals surface area contributed by atoms with Gasteiger partial charge in [0, 0.05) is 31.2 Å². The van der Waals surface area contributed by atoms with Crippen LogP contribution in [0.5, 0.6) is 0 Å². The topological polar surface area (TPSA) is 67.2 Å². The van der Waals surface area contributed by atoms with E-state index in [9.17, 15) is 9.59 Å². The average Bonchev–Trinajstić information content (AvgIpc) is 3.19. The summed E-state index contributed by atoms with van der Waals surface area (Å²) in [6.07, 6.45) is 1.37. The van der Waals surface area contributed by atoms with Crippen LogP contribution in [0.3, 0.4) is 0 Å². The molecule has 1 aliphatic heterocycles. The smallest absolute Gasteiger partial charge is 0.274 e. The van der Waals surface area contributed by atoms with Crippen molar-refractivity contribution in [2.24, 2.45) is 5.92 Å². The van der Waals surface area contributed by atoms with Crippen molar-refractivity contribution in [1.29, 1.82) is 0 Å². The lowest BCUT2D eigenvalue weighted by Crippen LogP contribution is -2.43. The molecular weight excluding hydrogens is 376 g/mol. The predicted octanol–water partition coefficient (Wildman–Crippen LogP) is 3.93. The summed E-state index contributed by atoms with van der Waals surface area (Å²) in [6.45, 7) is 12.2. The van der Waals surface area contributed by atoms with Gasteiger partial charge in [0.05, 0.1) is 5.54 Å². The molecule has 0 unspecified atom stereocenters. The van der Waals surface area contributed by atoms with Crippen molar-refractivity contribution in [3.05, 3.63) is 53.3 Å². The summed E-state index contributed by atoms with van der Waals surface area (Å²) in [5.41, 5.74) is 2.48. The van der Waals surface area contributed by atoms with Crippen LogP contribution >= 0.6 is 0 Å². The lowest BCUT2D eigenvalue weighted by molar-refractivity contribution is -0.126. The fourth-order valence-electron chi connectivity index (χ4n) is 3.88. The Morgan fingerprint density at radius 1 is 1.13 bits per heavy atom. The molecule has 1 aliphatic rings. The first-order valence-electron chi connectivity index (χ1n) is 10.9. The summed E-state index contributed by atoms with van der Waals surface area (Å²) >= 11 is 0. The minimum Gasteiger partial charge on any atom is -0.352 e. The van der Waals surface area contributed by atoms with Gasteiger partial charge in [-0.25, -0.2) is 0 Å². The van der Waals surface area contributed by atoms with Crippen molar-refractivity contribution in [2.75, 3.05) is 13.1 Å². The molecule has 2 heterocycles. The third kappa shape index (κ3) is 5.10. The number of rotatable bonds is 5. The van der Waals surface area contributed by atoms with E-state index in [1.54, 1.807) is 0 Å². The highest BCUT2D eigenvalue weighted by Gasteiger charge is 2.30. The molecule has 1 aromatic heterocycles. The van der Waals surface area contributed by atoms with Crippen LogP contribution in [0, 0.1) is 5.92 Å². The Kier molecular flexibility index (Phi) is 6.64. The first kappa shape index (κ1) is 22.1. The molecule has 0 saturated carbocycles. The number of nitrogens with zero attached hydrogens (tertiary/aromatic N) is 3. The molecular formula is C24H34N4O2. The molecule has 3 rings (SSSR count). The Bertz CT molecular complexity index is 872. The Balaban J connectivity index is 1.58. The van der Waals surface area contributed by atoms with E-state index in [-0.39, 0.29) is 29.2 Å². The number of likely N-dealkylation sites (tertiary alicyclic amines) is 1. The molecule has 0 bridgehead atoms. The van der Waals surface area contributed by atoms with Gasteiger partial charge in [-0.05, 0) is 51.2 Å². The highest BCUT2D eigenvalue weighted by atomic mass is 16.2. The van der Waals surface area contributed by atoms with Gasteiger partial charge in [0.1, 0.15) is 0 Å². The largest absolute Gasteiger partial charge is 0.352 e. The number of amides is 2. The van der Waals surface area contributed by atoms with E-state index in [4.69, 9.17) is 0 Å². The second-order valence-corrected chi connectivity index (χ2v) is 9.46. The summed E-state index contributed by atoms with van der Waals surface area (Å²) in [5.74, 6) is 0.279. The summed E-state index contributed by atoms with van der Waals surface area (Å²) in [4.78, 5) is 27.4. The maximum Gasteiger partial charge on any atom is 0.274 e. The normalized spacial score (nSPS) is 15.5. The predicted molar refractivity (Wildman–Crippen MR) is 118 cm³/mol. The molecule has 1 saturated heterocycles. The van der Waals surface area contributed by atoms with Gasteiger partial charge in [-0.1, -0.05) is 44.2 Å². The van der Waals surface area contributed by atoms with Gasteiger partial charge in [0.25, 0.3) is 5.91 Å². The highest BCUT2D eigenvalue weighted by molar-refractivity contribution is 5.92. The molecule has 1 fully saturated rings. The summed E-state index contributed by atoms with van der Waals surface area (Å²) < 4.78 is 1.97. The number of carbonyl (C=O) groups is 2. The average molecular weight is 411 g/mol. The molecule has 30 heavy (non-hydrogen) atoms. The lowest BCUT2D eigenvalue weighted by Gasteiger charge is -2.31. The monoisotopic (exact) mass is 410 g/mol. The number of aromatic nitrogens is 2. The van der Waals surface area contributed by atoms with Crippen molar-refractivity contribution >= 4 is 11.8 Å². The molecule has 162 valence electrons. The van der Waals surface area contributed by atoms with Crippen LogP contribution in [0.4, 0.5) is 0 Å². The van der Waals surface area contributed by atoms with Gasteiger partial charge in [-0.15, -0.1) is 0 Å². The molecule has 1 aromatic carbocycles. The SMILES string of the molecule is CC(C)c1cc(C(=O)N2CCC(C(=O)NCc3ccccc3)CC2)nn1C(C)(C)C. The molecule has 2 amide bonds. The van der Waals surface area contributed by atoms with Crippen LogP contribution in [-0.2, 0) is 16.9 Å². The molecule has 0 radical (unpaired) electrons. The number of hydrogen-bond donors (Lipinski definition) is 1. The Morgan fingerprint density at radius 3 is 2.30 bits per heavy atom. The number of piperidine rings is 1. The van der Waals surface area contributed by atoms with Crippen LogP contribution in [0.25, 0.3) is 0 Å². The van der Waals surface area contributed by atoms with Crippen molar-refractivity contribution in [2.45, 2.75) is 65.5 Å². The van der Waals surface area contributed by atoms with Gasteiger partial charge in [-0.3, -0.25) is 14.3 Å². The van der Waals surface area contributed by atoms with Crippen LogP contribution in [0.2, 0.25) is 0 Å². The van der Waals surface area contributed by atoms with Gasteiger partial charge < -0.3 is 10.2 Å². The van der Waals surface area contributed by atoms with Gasteiger partial charge >= 0.3 is 0 Å². The molecule has 0 atom stereocenters. The quantitative estimate of drug-likeness (QED) is 0.812. The zero-order valence-corrected chi connectivity index (χ0v) is 18.8. The van der Waals surface area contributed by atoms with Gasteiger partial charge in [0.15, 0.2) is 5.69 Å². The maximum atomic E-state index is 13.1.